The molecule has 2 aromatic carbocycles. The van der Waals surface area contributed by atoms with E-state index in [4.69, 9.17) is 0 Å². The molecule has 0 radical (unpaired) electrons. The maximum atomic E-state index is 14.1. The molecule has 0 bridgehead atoms. The van der Waals surface area contributed by atoms with Crippen molar-refractivity contribution in [1.82, 2.24) is 4.98 Å². The van der Waals surface area contributed by atoms with Gasteiger partial charge in [-0.2, -0.15) is 5.26 Å². The van der Waals surface area contributed by atoms with Gasteiger partial charge in [0.2, 0.25) is 0 Å². The molecule has 27 heavy (non-hydrogen) atoms. The zero-order chi connectivity index (χ0) is 19.1. The molecule has 1 aromatic heterocycles. The molecule has 0 aliphatic carbocycles. The van der Waals surface area contributed by atoms with E-state index in [1.807, 2.05) is 4.90 Å². The van der Waals surface area contributed by atoms with Gasteiger partial charge in [-0.1, -0.05) is 6.07 Å². The predicted octanol–water partition coefficient (Wildman–Crippen LogP) is 4.02. The molecule has 0 unspecified atom stereocenters. The molecule has 1 aliphatic rings. The fourth-order valence-corrected chi connectivity index (χ4v) is 3.69. The Bertz CT molecular complexity index is 1140. The Hall–Kier alpha value is -3.53. The van der Waals surface area contributed by atoms with Crippen LogP contribution in [0.3, 0.4) is 0 Å². The maximum Gasteiger partial charge on any atom is 0.269 e. The normalized spacial score (nSPS) is 13.3. The van der Waals surface area contributed by atoms with Crippen LogP contribution in [0.5, 0.6) is 0 Å². The number of hydrogen-bond donors (Lipinski definition) is 0. The number of aromatic nitrogens is 1. The number of hydrogen-bond acceptors (Lipinski definition) is 5. The summed E-state index contributed by atoms with van der Waals surface area (Å²) < 4.78 is 14.1. The Labute approximate surface area is 154 Å². The van der Waals surface area contributed by atoms with E-state index < -0.39 is 4.92 Å². The van der Waals surface area contributed by atoms with Crippen LogP contribution >= 0.6 is 0 Å². The Balaban J connectivity index is 1.87. The number of halogens is 1. The molecule has 7 heteroatoms. The molecule has 0 fully saturated rings. The highest BCUT2D eigenvalue weighted by Crippen LogP contribution is 2.35. The number of nitro groups is 1. The smallest absolute Gasteiger partial charge is 0.269 e. The number of pyridine rings is 1. The van der Waals surface area contributed by atoms with Crippen molar-refractivity contribution in [2.24, 2.45) is 0 Å². The van der Waals surface area contributed by atoms with Gasteiger partial charge in [-0.3, -0.25) is 15.1 Å². The van der Waals surface area contributed by atoms with Gasteiger partial charge in [0, 0.05) is 36.8 Å². The standard InChI is InChI=1S/C20H15FN4O2/c1-12-6-16(21)8-18-19(12)23-10-15(9-22)20(18)24-5-4-13-2-3-17(25(26)27)7-14(13)11-24/h2-3,6-8,10H,4-5,11H2,1H3. The van der Waals surface area contributed by atoms with E-state index in [-0.39, 0.29) is 11.5 Å². The monoisotopic (exact) mass is 362 g/mol. The second-order valence-corrected chi connectivity index (χ2v) is 6.63. The highest BCUT2D eigenvalue weighted by atomic mass is 19.1. The molecule has 0 amide bonds. The highest BCUT2D eigenvalue weighted by Gasteiger charge is 2.23. The molecule has 0 saturated heterocycles. The van der Waals surface area contributed by atoms with Gasteiger partial charge in [-0.15, -0.1) is 0 Å². The largest absolute Gasteiger partial charge is 0.365 e. The van der Waals surface area contributed by atoms with E-state index in [1.54, 1.807) is 19.1 Å². The second kappa shape index (κ2) is 6.32. The summed E-state index contributed by atoms with van der Waals surface area (Å²) in [6.45, 7) is 2.83. The van der Waals surface area contributed by atoms with Crippen molar-refractivity contribution >= 4 is 22.3 Å². The lowest BCUT2D eigenvalue weighted by Gasteiger charge is -2.32. The topological polar surface area (TPSA) is 83.1 Å². The average Bonchev–Trinajstić information content (AvgIpc) is 2.66. The number of nitriles is 1. The van der Waals surface area contributed by atoms with Crippen LogP contribution in [0.25, 0.3) is 10.9 Å². The maximum absolute atomic E-state index is 14.1. The Morgan fingerprint density at radius 1 is 1.30 bits per heavy atom. The second-order valence-electron chi connectivity index (χ2n) is 6.63. The molecule has 0 saturated carbocycles. The lowest BCUT2D eigenvalue weighted by Crippen LogP contribution is -2.31. The molecule has 6 nitrogen and oxygen atoms in total. The number of nitro benzene ring substituents is 1. The fourth-order valence-electron chi connectivity index (χ4n) is 3.69. The predicted molar refractivity (Wildman–Crippen MR) is 99.0 cm³/mol. The van der Waals surface area contributed by atoms with Crippen molar-refractivity contribution in [2.45, 2.75) is 19.9 Å². The molecule has 2 heterocycles. The van der Waals surface area contributed by atoms with E-state index in [0.29, 0.717) is 47.2 Å². The van der Waals surface area contributed by atoms with Crippen LogP contribution in [0.4, 0.5) is 15.8 Å². The van der Waals surface area contributed by atoms with Crippen LogP contribution in [0.1, 0.15) is 22.3 Å². The summed E-state index contributed by atoms with van der Waals surface area (Å²) in [5.74, 6) is -0.383. The lowest BCUT2D eigenvalue weighted by molar-refractivity contribution is -0.384. The summed E-state index contributed by atoms with van der Waals surface area (Å²) in [6, 6.07) is 9.82. The van der Waals surface area contributed by atoms with Gasteiger partial charge in [-0.05, 0) is 42.2 Å². The molecule has 3 aromatic rings. The van der Waals surface area contributed by atoms with Crippen LogP contribution in [0.2, 0.25) is 0 Å². The number of benzene rings is 2. The molecular formula is C20H15FN4O2. The third-order valence-electron chi connectivity index (χ3n) is 4.95. The minimum absolute atomic E-state index is 0.0394. The van der Waals surface area contributed by atoms with E-state index in [0.717, 1.165) is 11.1 Å². The molecule has 0 N–H and O–H groups in total. The summed E-state index contributed by atoms with van der Waals surface area (Å²) in [5.41, 5.74) is 4.27. The van der Waals surface area contributed by atoms with Gasteiger partial charge in [-0.25, -0.2) is 4.39 Å². The number of nitrogens with zero attached hydrogens (tertiary/aromatic N) is 4. The quantitative estimate of drug-likeness (QED) is 0.508. The fraction of sp³-hybridized carbons (Fsp3) is 0.200. The Kier molecular flexibility index (Phi) is 3.96. The summed E-state index contributed by atoms with van der Waals surface area (Å²) in [7, 11) is 0. The minimum atomic E-state index is -0.416. The zero-order valence-electron chi connectivity index (χ0n) is 14.6. The number of non-ortho nitro benzene ring substituents is 1. The first kappa shape index (κ1) is 16.9. The van der Waals surface area contributed by atoms with Gasteiger partial charge >= 0.3 is 0 Å². The zero-order valence-corrected chi connectivity index (χ0v) is 14.6. The Morgan fingerprint density at radius 2 is 2.11 bits per heavy atom. The van der Waals surface area contributed by atoms with Crippen LogP contribution in [0.15, 0.2) is 36.5 Å². The molecule has 0 spiro atoms. The number of rotatable bonds is 2. The molecule has 1 aliphatic heterocycles. The van der Waals surface area contributed by atoms with Gasteiger partial charge in [0.25, 0.3) is 5.69 Å². The van der Waals surface area contributed by atoms with E-state index in [1.165, 1.54) is 24.4 Å². The van der Waals surface area contributed by atoms with Crippen LogP contribution in [0, 0.1) is 34.2 Å². The molecule has 4 rings (SSSR count). The molecule has 134 valence electrons. The van der Waals surface area contributed by atoms with Gasteiger partial charge in [0.15, 0.2) is 0 Å². The van der Waals surface area contributed by atoms with Gasteiger partial charge in [0.05, 0.1) is 21.7 Å². The number of fused-ring (bicyclic) bond motifs is 2. The van der Waals surface area contributed by atoms with Crippen molar-refractivity contribution in [3.63, 3.8) is 0 Å². The molecular weight excluding hydrogens is 347 g/mol. The van der Waals surface area contributed by atoms with E-state index in [9.17, 15) is 19.8 Å². The van der Waals surface area contributed by atoms with Gasteiger partial charge < -0.3 is 4.90 Å². The van der Waals surface area contributed by atoms with Crippen LogP contribution < -0.4 is 4.90 Å². The van der Waals surface area contributed by atoms with Crippen LogP contribution in [-0.2, 0) is 13.0 Å². The minimum Gasteiger partial charge on any atom is -0.365 e. The first-order valence-electron chi connectivity index (χ1n) is 8.48. The molecule has 0 atom stereocenters. The van der Waals surface area contributed by atoms with E-state index in [2.05, 4.69) is 11.1 Å². The third-order valence-corrected chi connectivity index (χ3v) is 4.95. The van der Waals surface area contributed by atoms with Crippen molar-refractivity contribution < 1.29 is 9.31 Å². The number of anilines is 1. The third kappa shape index (κ3) is 2.85. The van der Waals surface area contributed by atoms with Crippen molar-refractivity contribution in [2.75, 3.05) is 11.4 Å². The summed E-state index contributed by atoms with van der Waals surface area (Å²) in [5, 5.41) is 21.2. The SMILES string of the molecule is Cc1cc(F)cc2c(N3CCc4ccc([N+](=O)[O-])cc4C3)c(C#N)cnc12. The van der Waals surface area contributed by atoms with E-state index >= 15 is 0 Å². The average molecular weight is 362 g/mol. The first-order chi connectivity index (χ1) is 13.0. The van der Waals surface area contributed by atoms with Gasteiger partial charge in [0.1, 0.15) is 11.9 Å². The van der Waals surface area contributed by atoms with Crippen molar-refractivity contribution in [3.05, 3.63) is 74.7 Å². The van der Waals surface area contributed by atoms with Crippen LogP contribution in [-0.4, -0.2) is 16.5 Å². The Morgan fingerprint density at radius 3 is 2.85 bits per heavy atom. The summed E-state index contributed by atoms with van der Waals surface area (Å²) in [6.07, 6.45) is 2.20. The summed E-state index contributed by atoms with van der Waals surface area (Å²) >= 11 is 0. The van der Waals surface area contributed by atoms with Crippen molar-refractivity contribution in [3.8, 4) is 6.07 Å². The number of aryl methyl sites for hydroxylation is 1. The van der Waals surface area contributed by atoms with Crippen molar-refractivity contribution in [1.29, 1.82) is 5.26 Å². The highest BCUT2D eigenvalue weighted by molar-refractivity contribution is 5.96. The summed E-state index contributed by atoms with van der Waals surface area (Å²) in [4.78, 5) is 17.0. The first-order valence-corrected chi connectivity index (χ1v) is 8.48. The lowest BCUT2D eigenvalue weighted by atomic mass is 9.97.